The monoisotopic (exact) mass is 459 g/mol. The van der Waals surface area contributed by atoms with Crippen molar-refractivity contribution in [2.75, 3.05) is 5.32 Å². The molecule has 4 aromatic rings. The third-order valence-electron chi connectivity index (χ3n) is 5.05. The van der Waals surface area contributed by atoms with Gasteiger partial charge in [-0.1, -0.05) is 48.5 Å². The van der Waals surface area contributed by atoms with Crippen LogP contribution in [0.2, 0.25) is 0 Å². The number of hydrogen-bond donors (Lipinski definition) is 4. The Kier molecular flexibility index (Phi) is 6.77. The lowest BCUT2D eigenvalue weighted by atomic mass is 10.0. The van der Waals surface area contributed by atoms with E-state index in [0.29, 0.717) is 22.5 Å². The fourth-order valence-corrected chi connectivity index (χ4v) is 4.34. The largest absolute Gasteiger partial charge is 0.340 e. The van der Waals surface area contributed by atoms with E-state index in [1.807, 2.05) is 36.4 Å². The number of carbonyl (C=O) groups excluding carboxylic acids is 3. The summed E-state index contributed by atoms with van der Waals surface area (Å²) in [5.41, 5.74) is 3.54. The van der Waals surface area contributed by atoms with Crippen LogP contribution in [0.3, 0.4) is 0 Å². The summed E-state index contributed by atoms with van der Waals surface area (Å²) in [6, 6.07) is 24.3. The molecule has 0 radical (unpaired) electrons. The van der Waals surface area contributed by atoms with Gasteiger partial charge in [-0.25, -0.2) is 5.48 Å². The van der Waals surface area contributed by atoms with E-state index in [0.717, 1.165) is 15.6 Å². The Hall–Kier alpha value is -4.01. The third-order valence-corrected chi connectivity index (χ3v) is 6.16. The van der Waals surface area contributed by atoms with E-state index in [1.54, 1.807) is 54.0 Å². The van der Waals surface area contributed by atoms with Crippen LogP contribution in [0.4, 0.5) is 5.69 Å². The van der Waals surface area contributed by atoms with Gasteiger partial charge in [-0.05, 0) is 47.3 Å². The van der Waals surface area contributed by atoms with Gasteiger partial charge in [0.1, 0.15) is 6.04 Å². The molecule has 8 heteroatoms. The minimum absolute atomic E-state index is 0.326. The van der Waals surface area contributed by atoms with Crippen LogP contribution < -0.4 is 16.1 Å². The van der Waals surface area contributed by atoms with Gasteiger partial charge in [0.2, 0.25) is 5.91 Å². The molecule has 4 N–H and O–H groups in total. The predicted molar refractivity (Wildman–Crippen MR) is 128 cm³/mol. The maximum atomic E-state index is 13.2. The van der Waals surface area contributed by atoms with Gasteiger partial charge in [0.15, 0.2) is 0 Å². The van der Waals surface area contributed by atoms with E-state index in [1.165, 1.54) is 11.3 Å². The summed E-state index contributed by atoms with van der Waals surface area (Å²) in [6.07, 6.45) is 0.326. The highest BCUT2D eigenvalue weighted by atomic mass is 32.1. The van der Waals surface area contributed by atoms with Gasteiger partial charge in [-0.2, -0.15) is 0 Å². The van der Waals surface area contributed by atoms with E-state index >= 15 is 0 Å². The highest BCUT2D eigenvalue weighted by Gasteiger charge is 2.22. The zero-order valence-corrected chi connectivity index (χ0v) is 18.3. The number of carbonyl (C=O) groups is 3. The first-order valence-electron chi connectivity index (χ1n) is 10.2. The SMILES string of the molecule is O=C(N[C@@H](Cc1ccccc1)C(=O)Nc1ccc2sc(C(=O)NO)cc2c1)c1ccccc1. The van der Waals surface area contributed by atoms with Crippen molar-refractivity contribution in [2.24, 2.45) is 0 Å². The number of hydrogen-bond acceptors (Lipinski definition) is 5. The molecule has 7 nitrogen and oxygen atoms in total. The van der Waals surface area contributed by atoms with Crippen LogP contribution in [0.1, 0.15) is 25.6 Å². The fourth-order valence-electron chi connectivity index (χ4n) is 3.41. The van der Waals surface area contributed by atoms with Crippen LogP contribution in [0.5, 0.6) is 0 Å². The first kappa shape index (κ1) is 22.2. The van der Waals surface area contributed by atoms with Crippen LogP contribution in [-0.2, 0) is 11.2 Å². The molecule has 0 spiro atoms. The first-order valence-corrected chi connectivity index (χ1v) is 11.0. The van der Waals surface area contributed by atoms with Crippen molar-refractivity contribution in [1.82, 2.24) is 10.8 Å². The second-order valence-electron chi connectivity index (χ2n) is 7.38. The van der Waals surface area contributed by atoms with Gasteiger partial charge >= 0.3 is 0 Å². The van der Waals surface area contributed by atoms with E-state index < -0.39 is 11.9 Å². The fraction of sp³-hybridized carbons (Fsp3) is 0.0800. The molecular formula is C25H21N3O4S. The minimum atomic E-state index is -0.797. The minimum Gasteiger partial charge on any atom is -0.340 e. The molecule has 1 aromatic heterocycles. The lowest BCUT2D eigenvalue weighted by molar-refractivity contribution is -0.118. The Morgan fingerprint density at radius 3 is 2.24 bits per heavy atom. The van der Waals surface area contributed by atoms with Crippen molar-refractivity contribution in [2.45, 2.75) is 12.5 Å². The Morgan fingerprint density at radius 2 is 1.55 bits per heavy atom. The van der Waals surface area contributed by atoms with Crippen molar-refractivity contribution < 1.29 is 19.6 Å². The second-order valence-corrected chi connectivity index (χ2v) is 8.46. The van der Waals surface area contributed by atoms with Crippen LogP contribution in [0.25, 0.3) is 10.1 Å². The summed E-state index contributed by atoms with van der Waals surface area (Å²) in [4.78, 5) is 37.9. The number of thiophene rings is 1. The molecule has 1 atom stereocenters. The van der Waals surface area contributed by atoms with E-state index in [2.05, 4.69) is 10.6 Å². The van der Waals surface area contributed by atoms with Gasteiger partial charge < -0.3 is 10.6 Å². The van der Waals surface area contributed by atoms with Crippen LogP contribution in [-0.4, -0.2) is 29.0 Å². The summed E-state index contributed by atoms with van der Waals surface area (Å²) >= 11 is 1.23. The molecule has 166 valence electrons. The molecule has 0 aliphatic heterocycles. The van der Waals surface area contributed by atoms with E-state index in [9.17, 15) is 14.4 Å². The van der Waals surface area contributed by atoms with Crippen LogP contribution >= 0.6 is 11.3 Å². The van der Waals surface area contributed by atoms with Crippen LogP contribution in [0.15, 0.2) is 84.9 Å². The highest BCUT2D eigenvalue weighted by Crippen LogP contribution is 2.28. The molecule has 0 bridgehead atoms. The average molecular weight is 460 g/mol. The molecule has 4 rings (SSSR count). The Labute approximate surface area is 194 Å². The molecule has 3 aromatic carbocycles. The van der Waals surface area contributed by atoms with Gasteiger partial charge in [0.05, 0.1) is 4.88 Å². The Balaban J connectivity index is 1.55. The van der Waals surface area contributed by atoms with Gasteiger partial charge in [0, 0.05) is 22.4 Å². The number of rotatable bonds is 7. The maximum absolute atomic E-state index is 13.2. The van der Waals surface area contributed by atoms with Crippen molar-refractivity contribution in [3.8, 4) is 0 Å². The molecule has 0 unspecified atom stereocenters. The van der Waals surface area contributed by atoms with E-state index in [-0.39, 0.29) is 11.8 Å². The normalized spacial score (nSPS) is 11.5. The van der Waals surface area contributed by atoms with Gasteiger partial charge in [-0.15, -0.1) is 11.3 Å². The van der Waals surface area contributed by atoms with Crippen molar-refractivity contribution in [3.05, 3.63) is 101 Å². The molecule has 1 heterocycles. The molecule has 0 aliphatic carbocycles. The molecule has 0 aliphatic rings. The maximum Gasteiger partial charge on any atom is 0.284 e. The zero-order chi connectivity index (χ0) is 23.2. The summed E-state index contributed by atoms with van der Waals surface area (Å²) in [7, 11) is 0. The number of benzene rings is 3. The molecule has 0 saturated heterocycles. The summed E-state index contributed by atoms with van der Waals surface area (Å²) < 4.78 is 0.838. The zero-order valence-electron chi connectivity index (χ0n) is 17.4. The van der Waals surface area contributed by atoms with Gasteiger partial charge in [-0.3, -0.25) is 19.6 Å². The topological polar surface area (TPSA) is 108 Å². The number of nitrogens with one attached hydrogen (secondary N) is 3. The molecule has 0 fully saturated rings. The van der Waals surface area contributed by atoms with Crippen molar-refractivity contribution in [3.63, 3.8) is 0 Å². The highest BCUT2D eigenvalue weighted by molar-refractivity contribution is 7.20. The molecular weight excluding hydrogens is 438 g/mol. The number of anilines is 1. The summed E-state index contributed by atoms with van der Waals surface area (Å²) in [5.74, 6) is -1.28. The number of hydroxylamine groups is 1. The second kappa shape index (κ2) is 10.1. The summed E-state index contributed by atoms with van der Waals surface area (Å²) in [6.45, 7) is 0. The average Bonchev–Trinajstić information content (AvgIpc) is 3.28. The van der Waals surface area contributed by atoms with Crippen LogP contribution in [0, 0.1) is 0 Å². The standard InChI is InChI=1S/C25H21N3O4S/c29-23(17-9-5-2-6-10-17)27-20(13-16-7-3-1-4-8-16)24(30)26-19-11-12-21-18(14-19)15-22(33-21)25(31)28-32/h1-12,14-15,20,32H,13H2,(H,26,30)(H,27,29)(H,28,31)/t20-/m0/s1. The predicted octanol–water partition coefficient (Wildman–Crippen LogP) is 4.00. The first-order chi connectivity index (χ1) is 16.0. The number of amides is 3. The van der Waals surface area contributed by atoms with E-state index in [4.69, 9.17) is 5.21 Å². The van der Waals surface area contributed by atoms with Crippen molar-refractivity contribution in [1.29, 1.82) is 0 Å². The Morgan fingerprint density at radius 1 is 0.848 bits per heavy atom. The lowest BCUT2D eigenvalue weighted by Gasteiger charge is -2.19. The third kappa shape index (κ3) is 5.43. The van der Waals surface area contributed by atoms with Gasteiger partial charge in [0.25, 0.3) is 11.8 Å². The quantitative estimate of drug-likeness (QED) is 0.247. The molecule has 33 heavy (non-hydrogen) atoms. The number of fused-ring (bicyclic) bond motifs is 1. The summed E-state index contributed by atoms with van der Waals surface area (Å²) in [5, 5.41) is 15.3. The lowest BCUT2D eigenvalue weighted by Crippen LogP contribution is -2.45. The Bertz CT molecular complexity index is 1290. The van der Waals surface area contributed by atoms with Crippen molar-refractivity contribution >= 4 is 44.8 Å². The smallest absolute Gasteiger partial charge is 0.284 e. The molecule has 3 amide bonds. The molecule has 0 saturated carbocycles.